The minimum absolute atomic E-state index is 0.0159. The Hall–Kier alpha value is -2.42. The maximum absolute atomic E-state index is 11.8. The number of alkyl halides is 2. The van der Waals surface area contributed by atoms with Gasteiger partial charge in [0.05, 0.1) is 12.3 Å². The third-order valence-electron chi connectivity index (χ3n) is 2.29. The van der Waals surface area contributed by atoms with Gasteiger partial charge in [-0.25, -0.2) is 18.4 Å². The van der Waals surface area contributed by atoms with E-state index in [1.54, 1.807) is 0 Å². The summed E-state index contributed by atoms with van der Waals surface area (Å²) in [6, 6.07) is 3.12. The third kappa shape index (κ3) is 5.61. The number of nitrogens with one attached hydrogen (secondary N) is 2. The molecular formula is C12H14F2N2O5. The summed E-state index contributed by atoms with van der Waals surface area (Å²) in [5.41, 5.74) is -0.436. The number of anilines is 1. The predicted molar refractivity (Wildman–Crippen MR) is 68.9 cm³/mol. The number of para-hydroxylation sites is 1. The molecule has 0 aliphatic carbocycles. The van der Waals surface area contributed by atoms with Gasteiger partial charge in [0.1, 0.15) is 12.2 Å². The largest absolute Gasteiger partial charge is 0.505 e. The number of aromatic hydroxyl groups is 1. The van der Waals surface area contributed by atoms with E-state index < -0.39 is 30.8 Å². The fraction of sp³-hybridized carbons (Fsp3) is 0.333. The molecule has 21 heavy (non-hydrogen) atoms. The number of urea groups is 1. The van der Waals surface area contributed by atoms with Crippen molar-refractivity contribution in [1.82, 2.24) is 5.32 Å². The van der Waals surface area contributed by atoms with Gasteiger partial charge in [0.15, 0.2) is 5.75 Å². The van der Waals surface area contributed by atoms with Crippen LogP contribution >= 0.6 is 0 Å². The Balaban J connectivity index is 2.45. The van der Waals surface area contributed by atoms with E-state index in [0.717, 1.165) is 0 Å². The van der Waals surface area contributed by atoms with Gasteiger partial charge in [-0.3, -0.25) is 0 Å². The minimum Gasteiger partial charge on any atom is -0.505 e. The number of carbonyl (C=O) groups is 2. The van der Waals surface area contributed by atoms with Gasteiger partial charge >= 0.3 is 12.0 Å². The number of phenols is 1. The van der Waals surface area contributed by atoms with Crippen molar-refractivity contribution < 1.29 is 33.3 Å². The lowest BCUT2D eigenvalue weighted by Crippen LogP contribution is -2.32. The summed E-state index contributed by atoms with van der Waals surface area (Å²) in [6.07, 6.45) is -2.57. The van der Waals surface area contributed by atoms with Crippen LogP contribution in [-0.2, 0) is 4.74 Å². The number of carboxylic acid groups (broad SMARTS) is 1. The van der Waals surface area contributed by atoms with Crippen molar-refractivity contribution in [1.29, 1.82) is 0 Å². The SMILES string of the molecule is O=C(NCCOCC(F)F)Nc1cccc(C(=O)O)c1O. The summed E-state index contributed by atoms with van der Waals surface area (Å²) in [7, 11) is 0. The lowest BCUT2D eigenvalue weighted by molar-refractivity contribution is 0.0194. The van der Waals surface area contributed by atoms with Gasteiger partial charge < -0.3 is 25.6 Å². The first-order valence-electron chi connectivity index (χ1n) is 5.88. The molecule has 0 saturated carbocycles. The number of aromatic carboxylic acids is 1. The number of ether oxygens (including phenoxy) is 1. The van der Waals surface area contributed by atoms with E-state index in [1.807, 2.05) is 0 Å². The molecule has 0 radical (unpaired) electrons. The summed E-state index contributed by atoms with van der Waals surface area (Å²) in [5, 5.41) is 23.0. The van der Waals surface area contributed by atoms with Crippen LogP contribution in [0.4, 0.5) is 19.3 Å². The maximum Gasteiger partial charge on any atom is 0.339 e. The molecule has 0 bridgehead atoms. The van der Waals surface area contributed by atoms with Crippen molar-refractivity contribution in [3.05, 3.63) is 23.8 Å². The number of hydrogen-bond acceptors (Lipinski definition) is 4. The first-order chi connectivity index (χ1) is 9.91. The molecule has 2 amide bonds. The van der Waals surface area contributed by atoms with Crippen molar-refractivity contribution in [2.75, 3.05) is 25.1 Å². The summed E-state index contributed by atoms with van der Waals surface area (Å²) in [5.74, 6) is -1.91. The molecule has 9 heteroatoms. The molecule has 0 aromatic heterocycles. The normalized spacial score (nSPS) is 10.4. The molecule has 4 N–H and O–H groups in total. The second kappa shape index (κ2) is 8.00. The van der Waals surface area contributed by atoms with Crippen LogP contribution in [-0.4, -0.2) is 48.4 Å². The molecule has 1 aromatic rings. The number of carboxylic acids is 1. The average molecular weight is 304 g/mol. The van der Waals surface area contributed by atoms with E-state index in [1.165, 1.54) is 18.2 Å². The van der Waals surface area contributed by atoms with Crippen LogP contribution in [0.2, 0.25) is 0 Å². The van der Waals surface area contributed by atoms with Gasteiger partial charge in [-0.15, -0.1) is 0 Å². The summed E-state index contributed by atoms with van der Waals surface area (Å²) in [4.78, 5) is 22.3. The van der Waals surface area contributed by atoms with Crippen molar-refractivity contribution in [2.45, 2.75) is 6.43 Å². The topological polar surface area (TPSA) is 108 Å². The zero-order valence-electron chi connectivity index (χ0n) is 10.8. The predicted octanol–water partition coefficient (Wildman–Crippen LogP) is 1.49. The molecule has 116 valence electrons. The van der Waals surface area contributed by atoms with E-state index in [9.17, 15) is 23.5 Å². The smallest absolute Gasteiger partial charge is 0.339 e. The highest BCUT2D eigenvalue weighted by Gasteiger charge is 2.14. The molecule has 0 unspecified atom stereocenters. The number of amides is 2. The van der Waals surface area contributed by atoms with Gasteiger partial charge in [-0.2, -0.15) is 0 Å². The van der Waals surface area contributed by atoms with Crippen LogP contribution in [0.5, 0.6) is 5.75 Å². The third-order valence-corrected chi connectivity index (χ3v) is 2.29. The van der Waals surface area contributed by atoms with Crippen LogP contribution in [0.15, 0.2) is 18.2 Å². The zero-order valence-corrected chi connectivity index (χ0v) is 10.8. The van der Waals surface area contributed by atoms with E-state index in [4.69, 9.17) is 5.11 Å². The lowest BCUT2D eigenvalue weighted by Gasteiger charge is -2.10. The van der Waals surface area contributed by atoms with E-state index >= 15 is 0 Å². The Morgan fingerprint density at radius 2 is 2.05 bits per heavy atom. The highest BCUT2D eigenvalue weighted by Crippen LogP contribution is 2.27. The van der Waals surface area contributed by atoms with Gasteiger partial charge in [0.25, 0.3) is 6.43 Å². The van der Waals surface area contributed by atoms with Crippen molar-refractivity contribution >= 4 is 17.7 Å². The molecular weight excluding hydrogens is 290 g/mol. The number of benzene rings is 1. The fourth-order valence-corrected chi connectivity index (χ4v) is 1.39. The number of carbonyl (C=O) groups excluding carboxylic acids is 1. The first kappa shape index (κ1) is 16.6. The van der Waals surface area contributed by atoms with Gasteiger partial charge in [0, 0.05) is 6.54 Å². The Morgan fingerprint density at radius 3 is 2.67 bits per heavy atom. The zero-order chi connectivity index (χ0) is 15.8. The van der Waals surface area contributed by atoms with E-state index in [-0.39, 0.29) is 24.4 Å². The molecule has 0 spiro atoms. The van der Waals surface area contributed by atoms with Crippen molar-refractivity contribution in [2.24, 2.45) is 0 Å². The fourth-order valence-electron chi connectivity index (χ4n) is 1.39. The molecule has 7 nitrogen and oxygen atoms in total. The van der Waals surface area contributed by atoms with Gasteiger partial charge in [-0.05, 0) is 12.1 Å². The molecule has 0 saturated heterocycles. The Morgan fingerprint density at radius 1 is 1.33 bits per heavy atom. The van der Waals surface area contributed by atoms with E-state index in [0.29, 0.717) is 0 Å². The van der Waals surface area contributed by atoms with Crippen LogP contribution in [0.3, 0.4) is 0 Å². The quantitative estimate of drug-likeness (QED) is 0.451. The first-order valence-corrected chi connectivity index (χ1v) is 5.88. The molecule has 0 heterocycles. The maximum atomic E-state index is 11.8. The monoisotopic (exact) mass is 304 g/mol. The second-order valence-corrected chi connectivity index (χ2v) is 3.85. The van der Waals surface area contributed by atoms with Crippen LogP contribution < -0.4 is 10.6 Å². The molecule has 1 rings (SSSR count). The Labute approximate surface area is 118 Å². The molecule has 1 aromatic carbocycles. The second-order valence-electron chi connectivity index (χ2n) is 3.85. The van der Waals surface area contributed by atoms with Crippen molar-refractivity contribution in [3.63, 3.8) is 0 Å². The standard InChI is InChI=1S/C12H14F2N2O5/c13-9(14)6-21-5-4-15-12(20)16-8-3-1-2-7(10(8)17)11(18)19/h1-3,9,17H,4-6H2,(H,18,19)(H2,15,16,20). The van der Waals surface area contributed by atoms with Gasteiger partial charge in [-0.1, -0.05) is 6.07 Å². The van der Waals surface area contributed by atoms with Crippen LogP contribution in [0, 0.1) is 0 Å². The van der Waals surface area contributed by atoms with Gasteiger partial charge in [0.2, 0.25) is 0 Å². The summed E-state index contributed by atoms with van der Waals surface area (Å²) in [6.45, 7) is -0.832. The summed E-state index contributed by atoms with van der Waals surface area (Å²) >= 11 is 0. The number of hydrogen-bond donors (Lipinski definition) is 4. The average Bonchev–Trinajstić information content (AvgIpc) is 2.40. The minimum atomic E-state index is -2.57. The summed E-state index contributed by atoms with van der Waals surface area (Å²) < 4.78 is 28.1. The molecule has 0 aliphatic heterocycles. The molecule has 0 fully saturated rings. The van der Waals surface area contributed by atoms with Crippen LogP contribution in [0.1, 0.15) is 10.4 Å². The highest BCUT2D eigenvalue weighted by molar-refractivity contribution is 5.97. The Bertz CT molecular complexity index is 510. The van der Waals surface area contributed by atoms with E-state index in [2.05, 4.69) is 15.4 Å². The highest BCUT2D eigenvalue weighted by atomic mass is 19.3. The molecule has 0 atom stereocenters. The number of rotatable bonds is 7. The van der Waals surface area contributed by atoms with Crippen LogP contribution in [0.25, 0.3) is 0 Å². The molecule has 0 aliphatic rings. The van der Waals surface area contributed by atoms with Crippen molar-refractivity contribution in [3.8, 4) is 5.75 Å². The number of halogens is 2. The lowest BCUT2D eigenvalue weighted by atomic mass is 10.2. The Kier molecular flexibility index (Phi) is 6.34.